The van der Waals surface area contributed by atoms with E-state index in [1.165, 1.54) is 25.0 Å². The van der Waals surface area contributed by atoms with Gasteiger partial charge in [-0.25, -0.2) is 9.07 Å². The summed E-state index contributed by atoms with van der Waals surface area (Å²) < 4.78 is 26.9. The molecule has 1 heterocycles. The van der Waals surface area contributed by atoms with Gasteiger partial charge in [0, 0.05) is 21.7 Å². The number of nitrogens with one attached hydrogen (secondary N) is 1. The van der Waals surface area contributed by atoms with Gasteiger partial charge in [-0.2, -0.15) is 5.10 Å². The van der Waals surface area contributed by atoms with Gasteiger partial charge < -0.3 is 14.8 Å². The molecule has 2 aromatic carbocycles. The second-order valence-corrected chi connectivity index (χ2v) is 6.42. The maximum Gasteiger partial charge on any atom is 0.256 e. The second kappa shape index (κ2) is 7.73. The van der Waals surface area contributed by atoms with E-state index in [4.69, 9.17) is 9.47 Å². The zero-order valence-electron chi connectivity index (χ0n) is 14.0. The molecule has 0 spiro atoms. The van der Waals surface area contributed by atoms with Gasteiger partial charge in [0.05, 0.1) is 19.8 Å². The van der Waals surface area contributed by atoms with E-state index in [-0.39, 0.29) is 5.91 Å². The number of benzene rings is 2. The summed E-state index contributed by atoms with van der Waals surface area (Å²) in [6.07, 6.45) is 3.21. The van der Waals surface area contributed by atoms with Crippen molar-refractivity contribution in [1.29, 1.82) is 0 Å². The average Bonchev–Trinajstić information content (AvgIpc) is 3.15. The van der Waals surface area contributed by atoms with Gasteiger partial charge in [-0.05, 0) is 59.0 Å². The number of anilines is 1. The van der Waals surface area contributed by atoms with Crippen molar-refractivity contribution in [2.75, 3.05) is 19.5 Å². The van der Waals surface area contributed by atoms with E-state index in [9.17, 15) is 9.18 Å². The van der Waals surface area contributed by atoms with Crippen LogP contribution in [0.5, 0.6) is 11.5 Å². The lowest BCUT2D eigenvalue weighted by molar-refractivity contribution is 0.102. The molecule has 6 nitrogen and oxygen atoms in total. The molecule has 134 valence electrons. The third-order valence-electron chi connectivity index (χ3n) is 3.67. The average molecular weight is 467 g/mol. The topological polar surface area (TPSA) is 65.4 Å². The van der Waals surface area contributed by atoms with Gasteiger partial charge in [-0.15, -0.1) is 0 Å². The summed E-state index contributed by atoms with van der Waals surface area (Å²) >= 11 is 2.04. The molecule has 0 aliphatic heterocycles. The molecule has 0 aliphatic rings. The van der Waals surface area contributed by atoms with E-state index >= 15 is 0 Å². The lowest BCUT2D eigenvalue weighted by Crippen LogP contribution is -2.14. The number of methoxy groups -OCH3 is 2. The first-order valence-corrected chi connectivity index (χ1v) is 8.63. The maximum atomic E-state index is 14.3. The highest BCUT2D eigenvalue weighted by Crippen LogP contribution is 2.31. The number of hydrogen-bond donors (Lipinski definition) is 1. The largest absolute Gasteiger partial charge is 0.493 e. The van der Waals surface area contributed by atoms with E-state index in [1.54, 1.807) is 42.7 Å². The van der Waals surface area contributed by atoms with Crippen molar-refractivity contribution in [3.05, 3.63) is 63.7 Å². The fourth-order valence-corrected chi connectivity index (χ4v) is 3.09. The number of halogens is 2. The molecule has 8 heteroatoms. The fraction of sp³-hybridized carbons (Fsp3) is 0.111. The Morgan fingerprint density at radius 1 is 1.19 bits per heavy atom. The molecule has 0 atom stereocenters. The lowest BCUT2D eigenvalue weighted by Gasteiger charge is -2.12. The summed E-state index contributed by atoms with van der Waals surface area (Å²) in [6, 6.07) is 9.42. The molecule has 0 unspecified atom stereocenters. The SMILES string of the molecule is COc1cc(I)c(C(=O)Nc2ccc(-n3cccn3)c(F)c2)cc1OC. The van der Waals surface area contributed by atoms with E-state index in [0.29, 0.717) is 32.0 Å². The van der Waals surface area contributed by atoms with Gasteiger partial charge in [-0.3, -0.25) is 4.79 Å². The molecule has 0 radical (unpaired) electrons. The van der Waals surface area contributed by atoms with Gasteiger partial charge in [0.2, 0.25) is 0 Å². The van der Waals surface area contributed by atoms with Gasteiger partial charge >= 0.3 is 0 Å². The Kier molecular flexibility index (Phi) is 5.40. The zero-order valence-corrected chi connectivity index (χ0v) is 16.2. The summed E-state index contributed by atoms with van der Waals surface area (Å²) in [7, 11) is 3.02. The minimum Gasteiger partial charge on any atom is -0.493 e. The third kappa shape index (κ3) is 3.64. The van der Waals surface area contributed by atoms with E-state index in [0.717, 1.165) is 0 Å². The van der Waals surface area contributed by atoms with E-state index in [1.807, 2.05) is 22.6 Å². The van der Waals surface area contributed by atoms with Crippen LogP contribution in [0, 0.1) is 9.39 Å². The Hall–Kier alpha value is -2.62. The summed E-state index contributed by atoms with van der Waals surface area (Å²) in [4.78, 5) is 12.6. The number of carbonyl (C=O) groups is 1. The molecule has 0 saturated heterocycles. The number of rotatable bonds is 5. The first-order valence-electron chi connectivity index (χ1n) is 7.56. The first-order chi connectivity index (χ1) is 12.5. The summed E-state index contributed by atoms with van der Waals surface area (Å²) in [5, 5.41) is 6.69. The quantitative estimate of drug-likeness (QED) is 0.579. The highest BCUT2D eigenvalue weighted by atomic mass is 127. The molecule has 0 saturated carbocycles. The highest BCUT2D eigenvalue weighted by Gasteiger charge is 2.16. The van der Waals surface area contributed by atoms with Gasteiger partial charge in [0.1, 0.15) is 5.69 Å². The van der Waals surface area contributed by atoms with Crippen LogP contribution in [0.3, 0.4) is 0 Å². The Morgan fingerprint density at radius 3 is 2.54 bits per heavy atom. The van der Waals surface area contributed by atoms with Crippen molar-refractivity contribution >= 4 is 34.2 Å². The Bertz CT molecular complexity index is 945. The first kappa shape index (κ1) is 18.2. The molecule has 1 N–H and O–H groups in total. The molecule has 26 heavy (non-hydrogen) atoms. The number of aromatic nitrogens is 2. The molecule has 1 amide bonds. The van der Waals surface area contributed by atoms with Crippen molar-refractivity contribution in [3.63, 3.8) is 0 Å². The van der Waals surface area contributed by atoms with Crippen LogP contribution in [0.2, 0.25) is 0 Å². The lowest BCUT2D eigenvalue weighted by atomic mass is 10.1. The number of carbonyl (C=O) groups excluding carboxylic acids is 1. The maximum absolute atomic E-state index is 14.3. The van der Waals surface area contributed by atoms with Crippen LogP contribution in [-0.4, -0.2) is 29.9 Å². The molecule has 3 aromatic rings. The van der Waals surface area contributed by atoms with Crippen LogP contribution < -0.4 is 14.8 Å². The molecule has 1 aromatic heterocycles. The Morgan fingerprint density at radius 2 is 1.92 bits per heavy atom. The van der Waals surface area contributed by atoms with Crippen LogP contribution >= 0.6 is 22.6 Å². The van der Waals surface area contributed by atoms with Crippen LogP contribution in [0.1, 0.15) is 10.4 Å². The van der Waals surface area contributed by atoms with Gasteiger partial charge in [0.15, 0.2) is 17.3 Å². The predicted octanol–water partition coefficient (Wildman–Crippen LogP) is 3.89. The number of hydrogen-bond acceptors (Lipinski definition) is 4. The van der Waals surface area contributed by atoms with Crippen molar-refractivity contribution in [3.8, 4) is 17.2 Å². The van der Waals surface area contributed by atoms with Crippen LogP contribution in [0.4, 0.5) is 10.1 Å². The van der Waals surface area contributed by atoms with Crippen molar-refractivity contribution in [2.24, 2.45) is 0 Å². The number of nitrogens with zero attached hydrogens (tertiary/aromatic N) is 2. The minimum atomic E-state index is -0.492. The third-order valence-corrected chi connectivity index (χ3v) is 4.57. The normalized spacial score (nSPS) is 10.5. The second-order valence-electron chi connectivity index (χ2n) is 5.26. The smallest absolute Gasteiger partial charge is 0.256 e. The molecule has 0 fully saturated rings. The van der Waals surface area contributed by atoms with Crippen LogP contribution in [0.15, 0.2) is 48.8 Å². The van der Waals surface area contributed by atoms with Crippen molar-refractivity contribution in [1.82, 2.24) is 9.78 Å². The Balaban J connectivity index is 1.85. The standard InChI is InChI=1S/C18H15FIN3O3/c1-25-16-9-12(14(20)10-17(16)26-2)18(24)22-11-4-5-15(13(19)8-11)23-7-3-6-21-23/h3-10H,1-2H3,(H,22,24). The van der Waals surface area contributed by atoms with E-state index < -0.39 is 5.82 Å². The number of ether oxygens (including phenoxy) is 2. The zero-order chi connectivity index (χ0) is 18.7. The van der Waals surface area contributed by atoms with E-state index in [2.05, 4.69) is 10.4 Å². The molecular formula is C18H15FIN3O3. The van der Waals surface area contributed by atoms with Crippen molar-refractivity contribution in [2.45, 2.75) is 0 Å². The fourth-order valence-electron chi connectivity index (χ4n) is 2.41. The molecule has 3 rings (SSSR count). The monoisotopic (exact) mass is 467 g/mol. The summed E-state index contributed by atoms with van der Waals surface area (Å²) in [5.41, 5.74) is 1.04. The van der Waals surface area contributed by atoms with Gasteiger partial charge in [0.25, 0.3) is 5.91 Å². The summed E-state index contributed by atoms with van der Waals surface area (Å²) in [6.45, 7) is 0. The summed E-state index contributed by atoms with van der Waals surface area (Å²) in [5.74, 6) is 0.108. The molecule has 0 aliphatic carbocycles. The van der Waals surface area contributed by atoms with Gasteiger partial charge in [-0.1, -0.05) is 0 Å². The van der Waals surface area contributed by atoms with Crippen molar-refractivity contribution < 1.29 is 18.7 Å². The minimum absolute atomic E-state index is 0.300. The predicted molar refractivity (Wildman–Crippen MR) is 104 cm³/mol. The molecule has 0 bridgehead atoms. The van der Waals surface area contributed by atoms with Crippen LogP contribution in [-0.2, 0) is 0 Å². The van der Waals surface area contributed by atoms with Crippen LogP contribution in [0.25, 0.3) is 5.69 Å². The Labute approximate surface area is 163 Å². The number of amides is 1. The molecular weight excluding hydrogens is 452 g/mol. The highest BCUT2D eigenvalue weighted by molar-refractivity contribution is 14.1.